The zero-order chi connectivity index (χ0) is 16.4. The van der Waals surface area contributed by atoms with E-state index < -0.39 is 0 Å². The monoisotopic (exact) mass is 358 g/mol. The minimum Gasteiger partial charge on any atom is -0.494 e. The highest BCUT2D eigenvalue weighted by Gasteiger charge is 2.23. The number of ether oxygens (including phenoxy) is 2. The summed E-state index contributed by atoms with van der Waals surface area (Å²) in [6.45, 7) is 5.88. The van der Waals surface area contributed by atoms with E-state index >= 15 is 0 Å². The highest BCUT2D eigenvalue weighted by Crippen LogP contribution is 2.45. The summed E-state index contributed by atoms with van der Waals surface area (Å²) < 4.78 is 10.4. The minimum atomic E-state index is -0.347. The first kappa shape index (κ1) is 17.1. The number of esters is 1. The molecule has 1 aromatic carbocycles. The van der Waals surface area contributed by atoms with Crippen LogP contribution >= 0.6 is 34.5 Å². The SMILES string of the molecule is CCOC(=O)c1cscc1-c1c(C)c(Cl)c(OC)c(Cl)c1C. The summed E-state index contributed by atoms with van der Waals surface area (Å²) in [4.78, 5) is 12.1. The van der Waals surface area contributed by atoms with Crippen LogP contribution in [0.2, 0.25) is 10.0 Å². The number of halogens is 2. The lowest BCUT2D eigenvalue weighted by Gasteiger charge is -2.17. The average Bonchev–Trinajstić information content (AvgIpc) is 2.96. The van der Waals surface area contributed by atoms with Gasteiger partial charge >= 0.3 is 5.97 Å². The predicted molar refractivity (Wildman–Crippen MR) is 91.8 cm³/mol. The van der Waals surface area contributed by atoms with Crippen molar-refractivity contribution in [2.45, 2.75) is 20.8 Å². The van der Waals surface area contributed by atoms with Crippen molar-refractivity contribution in [3.05, 3.63) is 37.5 Å². The quantitative estimate of drug-likeness (QED) is 0.674. The van der Waals surface area contributed by atoms with Gasteiger partial charge in [-0.1, -0.05) is 23.2 Å². The van der Waals surface area contributed by atoms with Crippen LogP contribution < -0.4 is 4.74 Å². The molecule has 0 saturated carbocycles. The molecule has 1 aromatic heterocycles. The summed E-state index contributed by atoms with van der Waals surface area (Å²) in [6, 6.07) is 0. The molecule has 1 heterocycles. The molecule has 0 aliphatic rings. The molecule has 2 rings (SSSR count). The highest BCUT2D eigenvalue weighted by molar-refractivity contribution is 7.08. The summed E-state index contributed by atoms with van der Waals surface area (Å²) in [6.07, 6.45) is 0. The molecule has 0 unspecified atom stereocenters. The van der Waals surface area contributed by atoms with Crippen LogP contribution in [0.3, 0.4) is 0 Å². The standard InChI is InChI=1S/C16H16Cl2O3S/c1-5-21-16(19)11-7-22-6-10(11)12-8(2)13(17)15(20-4)14(18)9(12)3/h6-7H,5H2,1-4H3. The van der Waals surface area contributed by atoms with E-state index in [9.17, 15) is 4.79 Å². The van der Waals surface area contributed by atoms with Crippen molar-refractivity contribution < 1.29 is 14.3 Å². The topological polar surface area (TPSA) is 35.5 Å². The average molecular weight is 359 g/mol. The first-order chi connectivity index (χ1) is 10.4. The molecule has 0 aliphatic heterocycles. The number of methoxy groups -OCH3 is 1. The Balaban J connectivity index is 2.70. The Morgan fingerprint density at radius 2 is 1.77 bits per heavy atom. The summed E-state index contributed by atoms with van der Waals surface area (Å²) in [5.74, 6) is 0.107. The van der Waals surface area contributed by atoms with E-state index in [0.717, 1.165) is 22.3 Å². The number of rotatable bonds is 4. The van der Waals surface area contributed by atoms with Gasteiger partial charge in [0.25, 0.3) is 0 Å². The number of hydrogen-bond donors (Lipinski definition) is 0. The van der Waals surface area contributed by atoms with Crippen LogP contribution in [-0.4, -0.2) is 19.7 Å². The molecule has 0 spiro atoms. The van der Waals surface area contributed by atoms with E-state index in [2.05, 4.69) is 0 Å². The smallest absolute Gasteiger partial charge is 0.339 e. The largest absolute Gasteiger partial charge is 0.494 e. The zero-order valence-electron chi connectivity index (χ0n) is 12.8. The fraction of sp³-hybridized carbons (Fsp3) is 0.312. The molecule has 6 heteroatoms. The molecule has 0 bridgehead atoms. The lowest BCUT2D eigenvalue weighted by molar-refractivity contribution is 0.0528. The fourth-order valence-corrected chi connectivity index (χ4v) is 3.77. The molecule has 0 N–H and O–H groups in total. The second-order valence-corrected chi connectivity index (χ2v) is 6.21. The van der Waals surface area contributed by atoms with Gasteiger partial charge in [0.05, 0.1) is 29.3 Å². The molecule has 0 aliphatic carbocycles. The van der Waals surface area contributed by atoms with Crippen molar-refractivity contribution in [1.29, 1.82) is 0 Å². The fourth-order valence-electron chi connectivity index (χ4n) is 2.38. The Bertz CT molecular complexity index is 693. The summed E-state index contributed by atoms with van der Waals surface area (Å²) in [5.41, 5.74) is 3.80. The van der Waals surface area contributed by atoms with Crippen LogP contribution in [0.15, 0.2) is 10.8 Å². The van der Waals surface area contributed by atoms with E-state index in [1.54, 1.807) is 12.3 Å². The second-order valence-electron chi connectivity index (χ2n) is 4.71. The third-order valence-corrected chi connectivity index (χ3v) is 5.09. The minimum absolute atomic E-state index is 0.330. The molecule has 22 heavy (non-hydrogen) atoms. The first-order valence-corrected chi connectivity index (χ1v) is 8.39. The van der Waals surface area contributed by atoms with Crippen molar-refractivity contribution in [3.63, 3.8) is 0 Å². The molecule has 0 fully saturated rings. The lowest BCUT2D eigenvalue weighted by Crippen LogP contribution is -2.05. The van der Waals surface area contributed by atoms with Crippen molar-refractivity contribution >= 4 is 40.5 Å². The number of carbonyl (C=O) groups excluding carboxylic acids is 1. The molecule has 118 valence electrons. The summed E-state index contributed by atoms with van der Waals surface area (Å²) in [7, 11) is 1.53. The van der Waals surface area contributed by atoms with Crippen LogP contribution in [0.1, 0.15) is 28.4 Å². The van der Waals surface area contributed by atoms with Gasteiger partial charge in [0.15, 0.2) is 5.75 Å². The van der Waals surface area contributed by atoms with Gasteiger partial charge in [0, 0.05) is 10.9 Å². The van der Waals surface area contributed by atoms with Gasteiger partial charge in [0.2, 0.25) is 0 Å². The van der Waals surface area contributed by atoms with Crippen molar-refractivity contribution in [2.75, 3.05) is 13.7 Å². The number of carbonyl (C=O) groups is 1. The predicted octanol–water partition coefficient (Wildman–Crippen LogP) is 5.52. The maximum atomic E-state index is 12.1. The van der Waals surface area contributed by atoms with E-state index in [1.807, 2.05) is 19.2 Å². The molecule has 0 atom stereocenters. The van der Waals surface area contributed by atoms with E-state index in [1.165, 1.54) is 18.4 Å². The maximum Gasteiger partial charge on any atom is 0.339 e. The van der Waals surface area contributed by atoms with Gasteiger partial charge in [-0.05, 0) is 42.8 Å². The van der Waals surface area contributed by atoms with Gasteiger partial charge in [-0.15, -0.1) is 0 Å². The lowest BCUT2D eigenvalue weighted by atomic mass is 9.94. The third-order valence-electron chi connectivity index (χ3n) is 3.44. The Kier molecular flexibility index (Phi) is 5.37. The molecule has 0 saturated heterocycles. The van der Waals surface area contributed by atoms with Gasteiger partial charge in [0.1, 0.15) is 0 Å². The van der Waals surface area contributed by atoms with Gasteiger partial charge in [-0.2, -0.15) is 11.3 Å². The van der Waals surface area contributed by atoms with Crippen LogP contribution in [-0.2, 0) is 4.74 Å². The van der Waals surface area contributed by atoms with E-state index in [4.69, 9.17) is 32.7 Å². The van der Waals surface area contributed by atoms with Crippen molar-refractivity contribution in [1.82, 2.24) is 0 Å². The highest BCUT2D eigenvalue weighted by atomic mass is 35.5. The molecular weight excluding hydrogens is 343 g/mol. The normalized spacial score (nSPS) is 10.6. The first-order valence-electron chi connectivity index (χ1n) is 6.69. The van der Waals surface area contributed by atoms with Crippen molar-refractivity contribution in [3.8, 4) is 16.9 Å². The van der Waals surface area contributed by atoms with E-state index in [-0.39, 0.29) is 5.97 Å². The molecule has 3 nitrogen and oxygen atoms in total. The zero-order valence-corrected chi connectivity index (χ0v) is 15.1. The Morgan fingerprint density at radius 1 is 1.18 bits per heavy atom. The maximum absolute atomic E-state index is 12.1. The summed E-state index contributed by atoms with van der Waals surface area (Å²) >= 11 is 14.2. The molecule has 0 amide bonds. The van der Waals surface area contributed by atoms with Crippen LogP contribution in [0.5, 0.6) is 5.75 Å². The van der Waals surface area contributed by atoms with E-state index in [0.29, 0.717) is 28.0 Å². The van der Waals surface area contributed by atoms with Crippen molar-refractivity contribution in [2.24, 2.45) is 0 Å². The number of benzene rings is 1. The van der Waals surface area contributed by atoms with Gasteiger partial charge in [-0.3, -0.25) is 0 Å². The van der Waals surface area contributed by atoms with Gasteiger partial charge in [-0.25, -0.2) is 4.79 Å². The summed E-state index contributed by atoms with van der Waals surface area (Å²) in [5, 5.41) is 4.59. The van der Waals surface area contributed by atoms with Crippen LogP contribution in [0.4, 0.5) is 0 Å². The third kappa shape index (κ3) is 2.83. The molecular formula is C16H16Cl2O3S. The number of hydrogen-bond acceptors (Lipinski definition) is 4. The Labute approximate surface area is 143 Å². The second kappa shape index (κ2) is 6.90. The van der Waals surface area contributed by atoms with Crippen LogP contribution in [0, 0.1) is 13.8 Å². The molecule has 0 radical (unpaired) electrons. The van der Waals surface area contributed by atoms with Crippen LogP contribution in [0.25, 0.3) is 11.1 Å². The molecule has 2 aromatic rings. The number of thiophene rings is 1. The van der Waals surface area contributed by atoms with Gasteiger partial charge < -0.3 is 9.47 Å². The Hall–Kier alpha value is -1.23. The Morgan fingerprint density at radius 3 is 2.27 bits per heavy atom.